The highest BCUT2D eigenvalue weighted by atomic mass is 16.5. The van der Waals surface area contributed by atoms with E-state index in [1.165, 1.54) is 26.4 Å². The van der Waals surface area contributed by atoms with Gasteiger partial charge in [-0.1, -0.05) is 11.8 Å². The SMILES string of the molecule is CNCC#Cc1c(OC)cc(C(=O)O)cc1OC. The molecule has 0 saturated heterocycles. The Morgan fingerprint density at radius 1 is 1.33 bits per heavy atom. The smallest absolute Gasteiger partial charge is 0.335 e. The molecule has 0 saturated carbocycles. The van der Waals surface area contributed by atoms with E-state index >= 15 is 0 Å². The fraction of sp³-hybridized carbons (Fsp3) is 0.308. The van der Waals surface area contributed by atoms with Crippen LogP contribution in [-0.4, -0.2) is 38.9 Å². The van der Waals surface area contributed by atoms with Crippen LogP contribution in [0.1, 0.15) is 15.9 Å². The maximum absolute atomic E-state index is 11.0. The van der Waals surface area contributed by atoms with Crippen molar-refractivity contribution in [3.63, 3.8) is 0 Å². The van der Waals surface area contributed by atoms with Crippen LogP contribution >= 0.6 is 0 Å². The quantitative estimate of drug-likeness (QED) is 0.778. The average Bonchev–Trinajstić information content (AvgIpc) is 2.38. The third kappa shape index (κ3) is 3.15. The second-order valence-electron chi connectivity index (χ2n) is 3.39. The summed E-state index contributed by atoms with van der Waals surface area (Å²) in [6, 6.07) is 2.85. The lowest BCUT2D eigenvalue weighted by molar-refractivity contribution is 0.0696. The Bertz CT molecular complexity index is 474. The van der Waals surface area contributed by atoms with Crippen LogP contribution in [0.2, 0.25) is 0 Å². The predicted molar refractivity (Wildman–Crippen MR) is 67.3 cm³/mol. The molecule has 5 nitrogen and oxygen atoms in total. The van der Waals surface area contributed by atoms with Gasteiger partial charge in [0.05, 0.1) is 26.3 Å². The zero-order valence-corrected chi connectivity index (χ0v) is 10.5. The van der Waals surface area contributed by atoms with Crippen molar-refractivity contribution < 1.29 is 19.4 Å². The minimum Gasteiger partial charge on any atom is -0.495 e. The molecule has 1 rings (SSSR count). The van der Waals surface area contributed by atoms with Crippen molar-refractivity contribution in [3.05, 3.63) is 23.3 Å². The Hall–Kier alpha value is -2.19. The predicted octanol–water partition coefficient (Wildman–Crippen LogP) is 0.973. The Balaban J connectivity index is 3.31. The van der Waals surface area contributed by atoms with E-state index in [-0.39, 0.29) is 5.56 Å². The minimum absolute atomic E-state index is 0.0999. The number of rotatable bonds is 4. The van der Waals surface area contributed by atoms with Gasteiger partial charge in [-0.25, -0.2) is 4.79 Å². The number of carbonyl (C=O) groups is 1. The van der Waals surface area contributed by atoms with Crippen LogP contribution in [0.3, 0.4) is 0 Å². The van der Waals surface area contributed by atoms with Crippen LogP contribution in [0.15, 0.2) is 12.1 Å². The van der Waals surface area contributed by atoms with E-state index in [4.69, 9.17) is 14.6 Å². The molecule has 0 aromatic heterocycles. The van der Waals surface area contributed by atoms with Crippen molar-refractivity contribution in [1.82, 2.24) is 5.32 Å². The lowest BCUT2D eigenvalue weighted by atomic mass is 10.1. The van der Waals surface area contributed by atoms with Gasteiger partial charge in [-0.15, -0.1) is 0 Å². The highest BCUT2D eigenvalue weighted by Gasteiger charge is 2.14. The molecule has 0 heterocycles. The van der Waals surface area contributed by atoms with E-state index < -0.39 is 5.97 Å². The number of methoxy groups -OCH3 is 2. The van der Waals surface area contributed by atoms with Gasteiger partial charge in [0.15, 0.2) is 0 Å². The van der Waals surface area contributed by atoms with E-state index in [9.17, 15) is 4.79 Å². The fourth-order valence-electron chi connectivity index (χ4n) is 1.38. The fourth-order valence-corrected chi connectivity index (χ4v) is 1.38. The Morgan fingerprint density at radius 3 is 2.28 bits per heavy atom. The van der Waals surface area contributed by atoms with Crippen LogP contribution in [0.5, 0.6) is 11.5 Å². The molecule has 0 fully saturated rings. The van der Waals surface area contributed by atoms with Crippen LogP contribution < -0.4 is 14.8 Å². The number of hydrogen-bond acceptors (Lipinski definition) is 4. The normalized spacial score (nSPS) is 9.28. The van der Waals surface area contributed by atoms with Gasteiger partial charge >= 0.3 is 5.97 Å². The van der Waals surface area contributed by atoms with Crippen LogP contribution in [0.4, 0.5) is 0 Å². The number of carboxylic acid groups (broad SMARTS) is 1. The van der Waals surface area contributed by atoms with Gasteiger partial charge in [0.25, 0.3) is 0 Å². The average molecular weight is 249 g/mol. The van der Waals surface area contributed by atoms with E-state index in [1.54, 1.807) is 7.05 Å². The standard InChI is InChI=1S/C13H15NO4/c1-14-6-4-5-10-11(17-2)7-9(13(15)16)8-12(10)18-3/h7-8,14H,6H2,1-3H3,(H,15,16). The van der Waals surface area contributed by atoms with Gasteiger partial charge in [0, 0.05) is 0 Å². The second kappa shape index (κ2) is 6.52. The summed E-state index contributed by atoms with van der Waals surface area (Å²) in [6.07, 6.45) is 0. The van der Waals surface area contributed by atoms with Gasteiger partial charge < -0.3 is 19.9 Å². The van der Waals surface area contributed by atoms with Crippen LogP contribution in [0, 0.1) is 11.8 Å². The molecule has 0 unspecified atom stereocenters. The number of carboxylic acids is 1. The molecule has 2 N–H and O–H groups in total. The van der Waals surface area contributed by atoms with Gasteiger partial charge in [0.2, 0.25) is 0 Å². The van der Waals surface area contributed by atoms with Gasteiger partial charge in [-0.2, -0.15) is 0 Å². The summed E-state index contributed by atoms with van der Waals surface area (Å²) >= 11 is 0. The lowest BCUT2D eigenvalue weighted by Crippen LogP contribution is -2.05. The highest BCUT2D eigenvalue weighted by Crippen LogP contribution is 2.29. The monoisotopic (exact) mass is 249 g/mol. The summed E-state index contributed by atoms with van der Waals surface area (Å²) in [6.45, 7) is 0.521. The number of benzene rings is 1. The molecule has 0 amide bonds. The molecule has 5 heteroatoms. The first-order chi connectivity index (χ1) is 8.63. The molecule has 96 valence electrons. The third-order valence-corrected chi connectivity index (χ3v) is 2.23. The van der Waals surface area contributed by atoms with E-state index in [0.717, 1.165) is 0 Å². The molecule has 1 aromatic carbocycles. The summed E-state index contributed by atoms with van der Waals surface area (Å²) < 4.78 is 10.3. The molecule has 0 radical (unpaired) electrons. The topological polar surface area (TPSA) is 67.8 Å². The summed E-state index contributed by atoms with van der Waals surface area (Å²) in [7, 11) is 4.71. The van der Waals surface area contributed by atoms with E-state index in [2.05, 4.69) is 17.2 Å². The second-order valence-corrected chi connectivity index (χ2v) is 3.39. The maximum atomic E-state index is 11.0. The molecule has 1 aromatic rings. The maximum Gasteiger partial charge on any atom is 0.335 e. The number of nitrogens with one attached hydrogen (secondary N) is 1. The summed E-state index contributed by atoms with van der Waals surface area (Å²) in [5, 5.41) is 11.9. The summed E-state index contributed by atoms with van der Waals surface area (Å²) in [5.74, 6) is 5.51. The van der Waals surface area contributed by atoms with E-state index in [0.29, 0.717) is 23.6 Å². The molecule has 0 atom stereocenters. The largest absolute Gasteiger partial charge is 0.495 e. The Morgan fingerprint density at radius 2 is 1.89 bits per heavy atom. The van der Waals surface area contributed by atoms with Crippen molar-refractivity contribution >= 4 is 5.97 Å². The first-order valence-corrected chi connectivity index (χ1v) is 5.26. The third-order valence-electron chi connectivity index (χ3n) is 2.23. The zero-order valence-electron chi connectivity index (χ0n) is 10.5. The van der Waals surface area contributed by atoms with Crippen molar-refractivity contribution in [2.75, 3.05) is 27.8 Å². The molecule has 0 spiro atoms. The lowest BCUT2D eigenvalue weighted by Gasteiger charge is -2.10. The highest BCUT2D eigenvalue weighted by molar-refractivity contribution is 5.89. The first-order valence-electron chi connectivity index (χ1n) is 5.26. The minimum atomic E-state index is -1.04. The molecule has 0 bridgehead atoms. The number of aromatic carboxylic acids is 1. The molecular weight excluding hydrogens is 234 g/mol. The van der Waals surface area contributed by atoms with Crippen molar-refractivity contribution in [1.29, 1.82) is 0 Å². The molecule has 18 heavy (non-hydrogen) atoms. The Labute approximate surface area is 106 Å². The first kappa shape index (κ1) is 13.9. The van der Waals surface area contributed by atoms with Gasteiger partial charge in [-0.3, -0.25) is 0 Å². The number of ether oxygens (including phenoxy) is 2. The molecule has 0 aliphatic carbocycles. The number of hydrogen-bond donors (Lipinski definition) is 2. The van der Waals surface area contributed by atoms with Crippen molar-refractivity contribution in [2.45, 2.75) is 0 Å². The summed E-state index contributed by atoms with van der Waals surface area (Å²) in [5.41, 5.74) is 0.642. The Kier molecular flexibility index (Phi) is 5.03. The van der Waals surface area contributed by atoms with Crippen LogP contribution in [-0.2, 0) is 0 Å². The van der Waals surface area contributed by atoms with Crippen molar-refractivity contribution in [3.8, 4) is 23.3 Å². The molecule has 0 aliphatic rings. The van der Waals surface area contributed by atoms with Gasteiger partial charge in [0.1, 0.15) is 17.1 Å². The van der Waals surface area contributed by atoms with Crippen molar-refractivity contribution in [2.24, 2.45) is 0 Å². The molecular formula is C13H15NO4. The summed E-state index contributed by atoms with van der Waals surface area (Å²) in [4.78, 5) is 11.0. The van der Waals surface area contributed by atoms with Crippen LogP contribution in [0.25, 0.3) is 0 Å². The molecule has 0 aliphatic heterocycles. The van der Waals surface area contributed by atoms with Gasteiger partial charge in [-0.05, 0) is 19.2 Å². The van der Waals surface area contributed by atoms with E-state index in [1.807, 2.05) is 0 Å². The zero-order chi connectivity index (χ0) is 13.5.